The molecule has 0 N–H and O–H groups in total. The molecule has 0 amide bonds. The van der Waals surface area contributed by atoms with Crippen molar-refractivity contribution >= 4 is 34.2 Å². The molecule has 0 aliphatic carbocycles. The Morgan fingerprint density at radius 1 is 0.516 bits per heavy atom. The van der Waals surface area contributed by atoms with Gasteiger partial charge < -0.3 is 0 Å². The summed E-state index contributed by atoms with van der Waals surface area (Å²) in [6.45, 7) is 6.27. The van der Waals surface area contributed by atoms with Gasteiger partial charge in [-0.25, -0.2) is 0 Å². The summed E-state index contributed by atoms with van der Waals surface area (Å²) in [7, 11) is -2.24. The van der Waals surface area contributed by atoms with Crippen LogP contribution in [0.4, 0.5) is 5.69 Å². The maximum atomic E-state index is 11.3. The highest BCUT2D eigenvalue weighted by molar-refractivity contribution is 8.01. The van der Waals surface area contributed by atoms with Gasteiger partial charge >= 0.3 is 0 Å². The van der Waals surface area contributed by atoms with E-state index in [1.165, 1.54) is 32.6 Å². The second-order valence-corrected chi connectivity index (χ2v) is 11.4. The molecule has 0 aromatic heterocycles. The molecule has 0 aliphatic rings. The lowest BCUT2D eigenvalue weighted by Gasteiger charge is -2.28. The van der Waals surface area contributed by atoms with Crippen molar-refractivity contribution in [1.29, 1.82) is 0 Å². The fourth-order valence-electron chi connectivity index (χ4n) is 4.00. The van der Waals surface area contributed by atoms with Crippen LogP contribution in [0.2, 0.25) is 0 Å². The fourth-order valence-corrected chi connectivity index (χ4v) is 8.17. The van der Waals surface area contributed by atoms with Gasteiger partial charge in [-0.2, -0.15) is 0 Å². The second-order valence-electron chi connectivity index (χ2n) is 7.95. The summed E-state index contributed by atoms with van der Waals surface area (Å²) < 4.78 is 0. The Balaban J connectivity index is 2.09. The number of aryl methyl sites for hydroxylation is 3. The summed E-state index contributed by atoms with van der Waals surface area (Å²) in [4.78, 5) is 11.0. The standard InChI is InChI=1S/C27H25NO2P/c1-20-4-12-24(13-5-20)31(25-14-6-21(2)7-15-25,26-16-8-22(3)9-17-26)27-18-10-23(11-19-27)28(29)30/h4-19H,1-3H3/q+1. The van der Waals surface area contributed by atoms with Crippen LogP contribution in [0.1, 0.15) is 16.7 Å². The molecule has 0 heterocycles. The van der Waals surface area contributed by atoms with E-state index in [9.17, 15) is 10.1 Å². The van der Waals surface area contributed by atoms with E-state index < -0.39 is 7.26 Å². The summed E-state index contributed by atoms with van der Waals surface area (Å²) in [5, 5.41) is 16.1. The van der Waals surface area contributed by atoms with E-state index >= 15 is 0 Å². The van der Waals surface area contributed by atoms with Crippen LogP contribution < -0.4 is 21.2 Å². The summed E-state index contributed by atoms with van der Waals surface area (Å²) in [5.41, 5.74) is 3.73. The lowest BCUT2D eigenvalue weighted by atomic mass is 10.2. The van der Waals surface area contributed by atoms with E-state index in [-0.39, 0.29) is 10.6 Å². The van der Waals surface area contributed by atoms with Crippen LogP contribution >= 0.6 is 7.26 Å². The van der Waals surface area contributed by atoms with Gasteiger partial charge in [-0.05, 0) is 69.3 Å². The normalized spacial score (nSPS) is 11.3. The van der Waals surface area contributed by atoms with Gasteiger partial charge in [0.25, 0.3) is 5.69 Å². The minimum absolute atomic E-state index is 0.110. The molecule has 31 heavy (non-hydrogen) atoms. The van der Waals surface area contributed by atoms with Crippen molar-refractivity contribution in [2.75, 3.05) is 0 Å². The molecule has 0 bridgehead atoms. The SMILES string of the molecule is Cc1ccc([P+](c2ccc(C)cc2)(c2ccc(C)cc2)c2ccc([N+](=O)[O-])cc2)cc1. The third-order valence-electron chi connectivity index (χ3n) is 5.71. The Kier molecular flexibility index (Phi) is 5.71. The molecule has 0 spiro atoms. The Morgan fingerprint density at radius 3 is 1.03 bits per heavy atom. The molecule has 0 saturated heterocycles. The smallest absolute Gasteiger partial charge is 0.258 e. The lowest BCUT2D eigenvalue weighted by Crippen LogP contribution is -2.38. The first-order chi connectivity index (χ1) is 14.9. The third-order valence-corrected chi connectivity index (χ3v) is 10.0. The molecule has 0 radical (unpaired) electrons. The molecule has 0 atom stereocenters. The molecule has 4 heteroatoms. The molecule has 0 fully saturated rings. The molecule has 154 valence electrons. The summed E-state index contributed by atoms with van der Waals surface area (Å²) in [6.07, 6.45) is 0. The maximum absolute atomic E-state index is 11.3. The zero-order chi connectivity index (χ0) is 22.0. The van der Waals surface area contributed by atoms with Crippen molar-refractivity contribution in [1.82, 2.24) is 0 Å². The molecule has 4 aromatic carbocycles. The van der Waals surface area contributed by atoms with E-state index in [0.717, 1.165) is 5.30 Å². The number of non-ortho nitro benzene ring substituents is 1. The van der Waals surface area contributed by atoms with Crippen LogP contribution in [-0.4, -0.2) is 4.92 Å². The van der Waals surface area contributed by atoms with E-state index in [1.807, 2.05) is 12.1 Å². The first-order valence-corrected chi connectivity index (χ1v) is 12.1. The summed E-state index contributed by atoms with van der Waals surface area (Å²) >= 11 is 0. The molecule has 4 rings (SSSR count). The number of hydrogen-bond acceptors (Lipinski definition) is 2. The predicted octanol–water partition coefficient (Wildman–Crippen LogP) is 5.14. The average molecular weight is 426 g/mol. The van der Waals surface area contributed by atoms with Gasteiger partial charge in [0, 0.05) is 12.1 Å². The fraction of sp³-hybridized carbons (Fsp3) is 0.111. The summed E-state index contributed by atoms with van der Waals surface area (Å²) in [6, 6.07) is 33.3. The Labute approximate surface area is 183 Å². The highest BCUT2D eigenvalue weighted by Gasteiger charge is 2.48. The largest absolute Gasteiger partial charge is 0.269 e. The van der Waals surface area contributed by atoms with E-state index in [4.69, 9.17) is 0 Å². The van der Waals surface area contributed by atoms with E-state index in [1.54, 1.807) is 12.1 Å². The number of hydrogen-bond donors (Lipinski definition) is 0. The van der Waals surface area contributed by atoms with Crippen LogP contribution in [0.25, 0.3) is 0 Å². The lowest BCUT2D eigenvalue weighted by molar-refractivity contribution is -0.384. The van der Waals surface area contributed by atoms with Gasteiger partial charge in [-0.15, -0.1) is 0 Å². The highest BCUT2D eigenvalue weighted by atomic mass is 31.2. The maximum Gasteiger partial charge on any atom is 0.269 e. The first kappa shape index (κ1) is 21.0. The second kappa shape index (κ2) is 8.45. The molecule has 4 aromatic rings. The van der Waals surface area contributed by atoms with Crippen molar-refractivity contribution in [2.45, 2.75) is 20.8 Å². The van der Waals surface area contributed by atoms with Crippen molar-refractivity contribution in [3.05, 3.63) is 124 Å². The Bertz CT molecular complexity index is 1090. The van der Waals surface area contributed by atoms with Crippen LogP contribution in [-0.2, 0) is 0 Å². The Hall–Kier alpha value is -3.29. The van der Waals surface area contributed by atoms with Crippen molar-refractivity contribution < 1.29 is 4.92 Å². The minimum atomic E-state index is -2.24. The molecular weight excluding hydrogens is 401 g/mol. The number of rotatable bonds is 5. The number of benzene rings is 4. The molecule has 3 nitrogen and oxygen atoms in total. The molecule has 0 unspecified atom stereocenters. The van der Waals surface area contributed by atoms with Crippen molar-refractivity contribution in [2.24, 2.45) is 0 Å². The van der Waals surface area contributed by atoms with E-state index in [0.29, 0.717) is 0 Å². The Morgan fingerprint density at radius 2 is 0.774 bits per heavy atom. The quantitative estimate of drug-likeness (QED) is 0.252. The number of nitrogens with zero attached hydrogens (tertiary/aromatic N) is 1. The summed E-state index contributed by atoms with van der Waals surface area (Å²) in [5.74, 6) is 0. The van der Waals surface area contributed by atoms with Crippen molar-refractivity contribution in [3.8, 4) is 0 Å². The predicted molar refractivity (Wildman–Crippen MR) is 132 cm³/mol. The number of nitro groups is 1. The van der Waals surface area contributed by atoms with Gasteiger partial charge in [-0.3, -0.25) is 10.1 Å². The minimum Gasteiger partial charge on any atom is -0.258 e. The van der Waals surface area contributed by atoms with E-state index in [2.05, 4.69) is 93.6 Å². The van der Waals surface area contributed by atoms with Crippen molar-refractivity contribution in [3.63, 3.8) is 0 Å². The monoisotopic (exact) mass is 426 g/mol. The van der Waals surface area contributed by atoms with Gasteiger partial charge in [0.05, 0.1) is 4.92 Å². The zero-order valence-electron chi connectivity index (χ0n) is 17.9. The van der Waals surface area contributed by atoms with Gasteiger partial charge in [-0.1, -0.05) is 53.1 Å². The average Bonchev–Trinajstić information content (AvgIpc) is 2.78. The first-order valence-electron chi connectivity index (χ1n) is 10.3. The molecule has 0 saturated carbocycles. The highest BCUT2D eigenvalue weighted by Crippen LogP contribution is 2.54. The zero-order valence-corrected chi connectivity index (χ0v) is 18.8. The molecular formula is C27H25NO2P+. The van der Waals surface area contributed by atoms with Crippen LogP contribution in [0.15, 0.2) is 97.1 Å². The number of nitro benzene ring substituents is 1. The third kappa shape index (κ3) is 3.89. The van der Waals surface area contributed by atoms with Crippen LogP contribution in [0.3, 0.4) is 0 Å². The van der Waals surface area contributed by atoms with Crippen LogP contribution in [0.5, 0.6) is 0 Å². The van der Waals surface area contributed by atoms with Gasteiger partial charge in [0.1, 0.15) is 28.5 Å². The van der Waals surface area contributed by atoms with Crippen LogP contribution in [0, 0.1) is 30.9 Å². The molecule has 0 aliphatic heterocycles. The van der Waals surface area contributed by atoms with Gasteiger partial charge in [0.15, 0.2) is 0 Å². The van der Waals surface area contributed by atoms with Gasteiger partial charge in [0.2, 0.25) is 0 Å². The topological polar surface area (TPSA) is 43.1 Å².